The highest BCUT2D eigenvalue weighted by Crippen LogP contribution is 2.25. The number of nitrogens with one attached hydrogen (secondary N) is 1. The molecule has 0 aliphatic carbocycles. The van der Waals surface area contributed by atoms with Crippen molar-refractivity contribution < 1.29 is 4.79 Å². The molecule has 1 heterocycles. The molecule has 18 heavy (non-hydrogen) atoms. The maximum absolute atomic E-state index is 11.9. The maximum Gasteiger partial charge on any atom is 0.257 e. The monoisotopic (exact) mass is 343 g/mol. The third-order valence-electron chi connectivity index (χ3n) is 1.98. The van der Waals surface area contributed by atoms with Crippen LogP contribution in [0.25, 0.3) is 0 Å². The van der Waals surface area contributed by atoms with E-state index in [0.717, 1.165) is 14.6 Å². The van der Waals surface area contributed by atoms with E-state index in [1.807, 2.05) is 19.1 Å². The van der Waals surface area contributed by atoms with Crippen LogP contribution in [0.2, 0.25) is 0 Å². The molecule has 0 saturated heterocycles. The van der Waals surface area contributed by atoms with Gasteiger partial charge in [0.05, 0.1) is 0 Å². The number of hydrogen-bond acceptors (Lipinski definition) is 5. The summed E-state index contributed by atoms with van der Waals surface area (Å²) in [6.45, 7) is 2.05. The largest absolute Gasteiger partial charge is 0.296 e. The quantitative estimate of drug-likeness (QED) is 0.679. The van der Waals surface area contributed by atoms with E-state index in [9.17, 15) is 4.79 Å². The summed E-state index contributed by atoms with van der Waals surface area (Å²) < 4.78 is 1.73. The fraction of sp³-hybridized carbons (Fsp3) is 0.182. The lowest BCUT2D eigenvalue weighted by Crippen LogP contribution is -2.11. The van der Waals surface area contributed by atoms with Gasteiger partial charge in [-0.2, -0.15) is 0 Å². The Bertz CT molecular complexity index is 559. The zero-order valence-electron chi connectivity index (χ0n) is 9.51. The third-order valence-corrected chi connectivity index (χ3v) is 4.33. The average Bonchev–Trinajstić information content (AvgIpc) is 2.77. The van der Waals surface area contributed by atoms with Gasteiger partial charge in [-0.15, -0.1) is 10.2 Å². The highest BCUT2D eigenvalue weighted by molar-refractivity contribution is 9.10. The number of thioether (sulfide) groups is 1. The zero-order chi connectivity index (χ0) is 13.0. The molecule has 1 amide bonds. The summed E-state index contributed by atoms with van der Waals surface area (Å²) in [6.07, 6.45) is 0. The first-order valence-electron chi connectivity index (χ1n) is 5.22. The Balaban J connectivity index is 2.06. The van der Waals surface area contributed by atoms with E-state index in [-0.39, 0.29) is 5.91 Å². The van der Waals surface area contributed by atoms with Crippen molar-refractivity contribution in [3.63, 3.8) is 0 Å². The Morgan fingerprint density at radius 3 is 3.06 bits per heavy atom. The van der Waals surface area contributed by atoms with Gasteiger partial charge in [0.15, 0.2) is 4.34 Å². The number of benzene rings is 1. The topological polar surface area (TPSA) is 54.9 Å². The summed E-state index contributed by atoms with van der Waals surface area (Å²) in [5, 5.41) is 11.2. The minimum atomic E-state index is -0.180. The molecule has 94 valence electrons. The SMILES string of the molecule is CCSc1nnc(NC(=O)c2cccc(Br)c2)s1. The van der Waals surface area contributed by atoms with Crippen LogP contribution in [0.4, 0.5) is 5.13 Å². The number of nitrogens with zero attached hydrogens (tertiary/aromatic N) is 2. The molecule has 0 aliphatic rings. The van der Waals surface area contributed by atoms with Crippen molar-refractivity contribution in [3.8, 4) is 0 Å². The van der Waals surface area contributed by atoms with Gasteiger partial charge >= 0.3 is 0 Å². The number of anilines is 1. The summed E-state index contributed by atoms with van der Waals surface area (Å²) in [7, 11) is 0. The Morgan fingerprint density at radius 2 is 2.33 bits per heavy atom. The molecule has 2 rings (SSSR count). The predicted molar refractivity (Wildman–Crippen MR) is 78.4 cm³/mol. The predicted octanol–water partition coefficient (Wildman–Crippen LogP) is 3.66. The fourth-order valence-electron chi connectivity index (χ4n) is 1.24. The van der Waals surface area contributed by atoms with Gasteiger partial charge in [-0.3, -0.25) is 10.1 Å². The van der Waals surface area contributed by atoms with Crippen LogP contribution in [0, 0.1) is 0 Å². The molecule has 0 bridgehead atoms. The van der Waals surface area contributed by atoms with Gasteiger partial charge < -0.3 is 0 Å². The smallest absolute Gasteiger partial charge is 0.257 e. The molecule has 1 aromatic carbocycles. The van der Waals surface area contributed by atoms with Crippen LogP contribution < -0.4 is 5.32 Å². The summed E-state index contributed by atoms with van der Waals surface area (Å²) >= 11 is 6.32. The highest BCUT2D eigenvalue weighted by Gasteiger charge is 2.10. The van der Waals surface area contributed by atoms with Crippen LogP contribution in [0.15, 0.2) is 33.1 Å². The Morgan fingerprint density at radius 1 is 1.50 bits per heavy atom. The first kappa shape index (κ1) is 13.5. The van der Waals surface area contributed by atoms with Gasteiger partial charge in [0.2, 0.25) is 5.13 Å². The molecule has 2 aromatic rings. The molecule has 1 N–H and O–H groups in total. The van der Waals surface area contributed by atoms with Crippen molar-refractivity contribution in [2.75, 3.05) is 11.1 Å². The minimum absolute atomic E-state index is 0.180. The van der Waals surface area contributed by atoms with E-state index in [0.29, 0.717) is 10.7 Å². The van der Waals surface area contributed by atoms with Crippen molar-refractivity contribution >= 4 is 50.1 Å². The number of carbonyl (C=O) groups excluding carboxylic acids is 1. The number of rotatable bonds is 4. The van der Waals surface area contributed by atoms with Crippen LogP contribution in [-0.2, 0) is 0 Å². The standard InChI is InChI=1S/C11H10BrN3OS2/c1-2-17-11-15-14-10(18-11)13-9(16)7-4-3-5-8(12)6-7/h3-6H,2H2,1H3,(H,13,14,16). The molecule has 0 fully saturated rings. The van der Waals surface area contributed by atoms with Crippen molar-refractivity contribution in [3.05, 3.63) is 34.3 Å². The zero-order valence-corrected chi connectivity index (χ0v) is 12.7. The van der Waals surface area contributed by atoms with E-state index >= 15 is 0 Å². The molecular formula is C11H10BrN3OS2. The molecule has 0 aliphatic heterocycles. The molecule has 1 aromatic heterocycles. The van der Waals surface area contributed by atoms with E-state index in [2.05, 4.69) is 31.4 Å². The third kappa shape index (κ3) is 3.54. The summed E-state index contributed by atoms with van der Waals surface area (Å²) in [5.41, 5.74) is 0.587. The van der Waals surface area contributed by atoms with Gasteiger partial charge in [-0.1, -0.05) is 52.0 Å². The molecular weight excluding hydrogens is 334 g/mol. The van der Waals surface area contributed by atoms with Crippen molar-refractivity contribution in [1.82, 2.24) is 10.2 Å². The Kier molecular flexibility index (Phi) is 4.73. The van der Waals surface area contributed by atoms with E-state index < -0.39 is 0 Å². The van der Waals surface area contributed by atoms with E-state index in [1.165, 1.54) is 11.3 Å². The lowest BCUT2D eigenvalue weighted by molar-refractivity contribution is 0.102. The number of carbonyl (C=O) groups is 1. The molecule has 0 saturated carbocycles. The van der Waals surface area contributed by atoms with Crippen molar-refractivity contribution in [1.29, 1.82) is 0 Å². The van der Waals surface area contributed by atoms with Crippen LogP contribution in [0.5, 0.6) is 0 Å². The normalized spacial score (nSPS) is 10.3. The Hall–Kier alpha value is -0.920. The first-order chi connectivity index (χ1) is 8.69. The first-order valence-corrected chi connectivity index (χ1v) is 7.81. The molecule has 4 nitrogen and oxygen atoms in total. The van der Waals surface area contributed by atoms with Gasteiger partial charge in [0.25, 0.3) is 5.91 Å². The molecule has 0 unspecified atom stereocenters. The second kappa shape index (κ2) is 6.31. The Labute approximate surface area is 121 Å². The van der Waals surface area contributed by atoms with E-state index in [4.69, 9.17) is 0 Å². The van der Waals surface area contributed by atoms with Crippen molar-refractivity contribution in [2.24, 2.45) is 0 Å². The van der Waals surface area contributed by atoms with Gasteiger partial charge in [0.1, 0.15) is 0 Å². The van der Waals surface area contributed by atoms with E-state index in [1.54, 1.807) is 23.9 Å². The molecule has 0 radical (unpaired) electrons. The van der Waals surface area contributed by atoms with Crippen molar-refractivity contribution in [2.45, 2.75) is 11.3 Å². The van der Waals surface area contributed by atoms with Gasteiger partial charge in [0, 0.05) is 10.0 Å². The summed E-state index contributed by atoms with van der Waals surface area (Å²) in [5.74, 6) is 0.759. The highest BCUT2D eigenvalue weighted by atomic mass is 79.9. The van der Waals surface area contributed by atoms with Crippen LogP contribution in [0.3, 0.4) is 0 Å². The second-order valence-corrected chi connectivity index (χ2v) is 6.67. The second-order valence-electron chi connectivity index (χ2n) is 3.27. The molecule has 0 spiro atoms. The summed E-state index contributed by atoms with van der Waals surface area (Å²) in [4.78, 5) is 11.9. The number of aromatic nitrogens is 2. The van der Waals surface area contributed by atoms with Crippen LogP contribution >= 0.6 is 39.0 Å². The van der Waals surface area contributed by atoms with Gasteiger partial charge in [-0.05, 0) is 24.0 Å². The lowest BCUT2D eigenvalue weighted by Gasteiger charge is -2.01. The molecule has 0 atom stereocenters. The number of hydrogen-bond donors (Lipinski definition) is 1. The number of amides is 1. The summed E-state index contributed by atoms with van der Waals surface area (Å²) in [6, 6.07) is 7.20. The maximum atomic E-state index is 11.9. The fourth-order valence-corrected chi connectivity index (χ4v) is 3.28. The van der Waals surface area contributed by atoms with Gasteiger partial charge in [-0.25, -0.2) is 0 Å². The average molecular weight is 344 g/mol. The van der Waals surface area contributed by atoms with Crippen LogP contribution in [-0.4, -0.2) is 21.9 Å². The molecule has 7 heteroatoms. The van der Waals surface area contributed by atoms with Crippen LogP contribution in [0.1, 0.15) is 17.3 Å². The minimum Gasteiger partial charge on any atom is -0.296 e. The number of halogens is 1. The lowest BCUT2D eigenvalue weighted by atomic mass is 10.2.